The highest BCUT2D eigenvalue weighted by molar-refractivity contribution is 7.99. The van der Waals surface area contributed by atoms with Crippen LogP contribution in [0.2, 0.25) is 0 Å². The van der Waals surface area contributed by atoms with Crippen LogP contribution in [0.25, 0.3) is 0 Å². The molecule has 1 amide bonds. The molecular formula is C28H31NO5S. The smallest absolute Gasteiger partial charge is 0.233 e. The van der Waals surface area contributed by atoms with Gasteiger partial charge in [0.1, 0.15) is 6.61 Å². The van der Waals surface area contributed by atoms with Crippen LogP contribution >= 0.6 is 11.8 Å². The molecule has 0 saturated heterocycles. The molecule has 6 nitrogen and oxygen atoms in total. The molecule has 0 aliphatic carbocycles. The topological polar surface area (TPSA) is 57.2 Å². The summed E-state index contributed by atoms with van der Waals surface area (Å²) in [5.41, 5.74) is 3.37. The third-order valence-corrected chi connectivity index (χ3v) is 7.11. The Balaban J connectivity index is 1.56. The van der Waals surface area contributed by atoms with E-state index in [0.717, 1.165) is 23.3 Å². The highest BCUT2D eigenvalue weighted by Crippen LogP contribution is 2.39. The molecule has 184 valence electrons. The molecule has 0 fully saturated rings. The molecule has 3 aromatic rings. The van der Waals surface area contributed by atoms with Crippen molar-refractivity contribution in [3.63, 3.8) is 0 Å². The molecule has 0 N–H and O–H groups in total. The molecule has 7 heteroatoms. The molecule has 3 aromatic carbocycles. The van der Waals surface area contributed by atoms with Crippen LogP contribution in [-0.4, -0.2) is 51.0 Å². The Morgan fingerprint density at radius 1 is 0.886 bits per heavy atom. The van der Waals surface area contributed by atoms with Crippen molar-refractivity contribution >= 4 is 17.7 Å². The van der Waals surface area contributed by atoms with Gasteiger partial charge in [-0.2, -0.15) is 0 Å². The van der Waals surface area contributed by atoms with Crippen molar-refractivity contribution in [2.24, 2.45) is 0 Å². The van der Waals surface area contributed by atoms with Gasteiger partial charge in [-0.1, -0.05) is 42.5 Å². The lowest BCUT2D eigenvalue weighted by molar-refractivity contribution is -0.132. The lowest BCUT2D eigenvalue weighted by Gasteiger charge is -2.37. The Labute approximate surface area is 211 Å². The molecule has 0 saturated carbocycles. The van der Waals surface area contributed by atoms with E-state index in [2.05, 4.69) is 12.1 Å². The van der Waals surface area contributed by atoms with Gasteiger partial charge in [-0.15, -0.1) is 11.8 Å². The molecule has 0 bridgehead atoms. The van der Waals surface area contributed by atoms with Crippen LogP contribution < -0.4 is 18.9 Å². The Kier molecular flexibility index (Phi) is 8.42. The lowest BCUT2D eigenvalue weighted by atomic mass is 9.92. The summed E-state index contributed by atoms with van der Waals surface area (Å²) in [4.78, 5) is 15.3. The fourth-order valence-electron chi connectivity index (χ4n) is 4.33. The first-order chi connectivity index (χ1) is 17.1. The zero-order valence-corrected chi connectivity index (χ0v) is 21.2. The Hall–Kier alpha value is -3.32. The number of hydrogen-bond donors (Lipinski definition) is 0. The van der Waals surface area contributed by atoms with Crippen LogP contribution in [0.4, 0.5) is 0 Å². The molecule has 0 aromatic heterocycles. The van der Waals surface area contributed by atoms with E-state index < -0.39 is 0 Å². The Bertz CT molecular complexity index is 1140. The van der Waals surface area contributed by atoms with Crippen LogP contribution in [0.1, 0.15) is 22.7 Å². The normalized spacial score (nSPS) is 14.7. The third-order valence-electron chi connectivity index (χ3n) is 6.13. The number of benzene rings is 3. The van der Waals surface area contributed by atoms with Gasteiger partial charge >= 0.3 is 0 Å². The average molecular weight is 494 g/mol. The number of carbonyl (C=O) groups is 1. The SMILES string of the molecule is COc1cc2c(cc1OC)[C@@H](COc1ccccc1OC)N(C(=O)CSCc1ccccc1)CC2. The second-order valence-electron chi connectivity index (χ2n) is 8.20. The van der Waals surface area contributed by atoms with E-state index in [4.69, 9.17) is 18.9 Å². The van der Waals surface area contributed by atoms with Gasteiger partial charge in [0.15, 0.2) is 23.0 Å². The number of hydrogen-bond acceptors (Lipinski definition) is 6. The summed E-state index contributed by atoms with van der Waals surface area (Å²) >= 11 is 1.63. The van der Waals surface area contributed by atoms with Crippen molar-refractivity contribution in [1.29, 1.82) is 0 Å². The summed E-state index contributed by atoms with van der Waals surface area (Å²) in [5.74, 6) is 3.93. The predicted molar refractivity (Wildman–Crippen MR) is 139 cm³/mol. The van der Waals surface area contributed by atoms with Gasteiger partial charge in [-0.3, -0.25) is 4.79 Å². The lowest BCUT2D eigenvalue weighted by Crippen LogP contribution is -2.43. The highest BCUT2D eigenvalue weighted by atomic mass is 32.2. The molecule has 1 aliphatic rings. The van der Waals surface area contributed by atoms with Crippen LogP contribution in [0.15, 0.2) is 66.7 Å². The van der Waals surface area contributed by atoms with Gasteiger partial charge in [0.25, 0.3) is 0 Å². The summed E-state index contributed by atoms with van der Waals surface area (Å²) in [6, 6.07) is 21.5. The monoisotopic (exact) mass is 493 g/mol. The molecule has 35 heavy (non-hydrogen) atoms. The zero-order valence-electron chi connectivity index (χ0n) is 20.4. The first kappa shape index (κ1) is 24.8. The van der Waals surface area contributed by atoms with Crippen LogP contribution in [0, 0.1) is 0 Å². The van der Waals surface area contributed by atoms with Gasteiger partial charge in [-0.05, 0) is 47.4 Å². The first-order valence-electron chi connectivity index (χ1n) is 11.6. The standard InChI is InChI=1S/C28H31NO5S/c1-31-24-11-7-8-12-25(24)34-17-23-22-16-27(33-3)26(32-2)15-21(22)13-14-29(23)28(30)19-35-18-20-9-5-4-6-10-20/h4-12,15-16,23H,13-14,17-19H2,1-3H3/t23-/m1/s1. The Morgan fingerprint density at radius 2 is 1.54 bits per heavy atom. The molecule has 1 atom stereocenters. The molecule has 4 rings (SSSR count). The van der Waals surface area contributed by atoms with E-state index in [1.54, 1.807) is 33.1 Å². The molecule has 0 radical (unpaired) electrons. The molecular weight excluding hydrogens is 462 g/mol. The van der Waals surface area contributed by atoms with E-state index in [9.17, 15) is 4.79 Å². The quantitative estimate of drug-likeness (QED) is 0.389. The van der Waals surface area contributed by atoms with Crippen molar-refractivity contribution in [2.45, 2.75) is 18.2 Å². The second-order valence-corrected chi connectivity index (χ2v) is 9.18. The van der Waals surface area contributed by atoms with E-state index >= 15 is 0 Å². The number of ether oxygens (including phenoxy) is 4. The summed E-state index contributed by atoms with van der Waals surface area (Å²) in [7, 11) is 4.88. The van der Waals surface area contributed by atoms with Crippen LogP contribution in [-0.2, 0) is 17.0 Å². The minimum Gasteiger partial charge on any atom is -0.493 e. The number of nitrogens with zero attached hydrogens (tertiary/aromatic N) is 1. The molecule has 1 heterocycles. The van der Waals surface area contributed by atoms with Gasteiger partial charge in [0.2, 0.25) is 5.91 Å². The number of rotatable bonds is 10. The fraction of sp³-hybridized carbons (Fsp3) is 0.321. The maximum Gasteiger partial charge on any atom is 0.233 e. The van der Waals surface area contributed by atoms with Crippen molar-refractivity contribution in [3.05, 3.63) is 83.4 Å². The predicted octanol–water partition coefficient (Wildman–Crippen LogP) is 5.15. The maximum absolute atomic E-state index is 13.4. The molecule has 0 unspecified atom stereocenters. The van der Waals surface area contributed by atoms with Crippen molar-refractivity contribution in [3.8, 4) is 23.0 Å². The van der Waals surface area contributed by atoms with Crippen LogP contribution in [0.5, 0.6) is 23.0 Å². The minimum absolute atomic E-state index is 0.0972. The third kappa shape index (κ3) is 5.85. The average Bonchev–Trinajstić information content (AvgIpc) is 2.91. The fourth-order valence-corrected chi connectivity index (χ4v) is 5.20. The zero-order chi connectivity index (χ0) is 24.6. The van der Waals surface area contributed by atoms with Crippen molar-refractivity contribution in [1.82, 2.24) is 4.90 Å². The Morgan fingerprint density at radius 3 is 2.26 bits per heavy atom. The van der Waals surface area contributed by atoms with E-state index in [-0.39, 0.29) is 11.9 Å². The van der Waals surface area contributed by atoms with Gasteiger partial charge in [0, 0.05) is 12.3 Å². The summed E-state index contributed by atoms with van der Waals surface area (Å²) in [6.45, 7) is 0.922. The number of para-hydroxylation sites is 2. The minimum atomic E-state index is -0.256. The van der Waals surface area contributed by atoms with Crippen LogP contribution in [0.3, 0.4) is 0 Å². The van der Waals surface area contributed by atoms with E-state index in [0.29, 0.717) is 41.9 Å². The summed E-state index contributed by atoms with van der Waals surface area (Å²) < 4.78 is 22.7. The van der Waals surface area contributed by atoms with Gasteiger partial charge in [-0.25, -0.2) is 0 Å². The first-order valence-corrected chi connectivity index (χ1v) is 12.7. The van der Waals surface area contributed by atoms with E-state index in [1.807, 2.05) is 59.5 Å². The largest absolute Gasteiger partial charge is 0.493 e. The second kappa shape index (κ2) is 11.9. The summed E-state index contributed by atoms with van der Waals surface area (Å²) in [6.07, 6.45) is 0.746. The highest BCUT2D eigenvalue weighted by Gasteiger charge is 2.33. The maximum atomic E-state index is 13.4. The number of fused-ring (bicyclic) bond motifs is 1. The van der Waals surface area contributed by atoms with Gasteiger partial charge in [0.05, 0.1) is 33.1 Å². The van der Waals surface area contributed by atoms with Crippen molar-refractivity contribution in [2.75, 3.05) is 40.2 Å². The molecule has 0 spiro atoms. The van der Waals surface area contributed by atoms with E-state index in [1.165, 1.54) is 5.56 Å². The summed E-state index contributed by atoms with van der Waals surface area (Å²) in [5, 5.41) is 0. The van der Waals surface area contributed by atoms with Gasteiger partial charge < -0.3 is 23.8 Å². The molecule has 1 aliphatic heterocycles. The number of carbonyl (C=O) groups excluding carboxylic acids is 1. The number of methoxy groups -OCH3 is 3. The number of amides is 1. The number of thioether (sulfide) groups is 1. The van der Waals surface area contributed by atoms with Crippen molar-refractivity contribution < 1.29 is 23.7 Å².